The predicted molar refractivity (Wildman–Crippen MR) is 124 cm³/mol. The van der Waals surface area contributed by atoms with Crippen molar-refractivity contribution < 1.29 is 26.0 Å². The van der Waals surface area contributed by atoms with E-state index in [9.17, 15) is 21.6 Å². The summed E-state index contributed by atoms with van der Waals surface area (Å²) in [7, 11) is -2.33. The number of nitrogens with one attached hydrogen (secondary N) is 2. The van der Waals surface area contributed by atoms with Crippen LogP contribution in [0.15, 0.2) is 47.1 Å². The summed E-state index contributed by atoms with van der Waals surface area (Å²) in [4.78, 5) is 16.0. The minimum absolute atomic E-state index is 0.0825. The second-order valence-electron chi connectivity index (χ2n) is 7.56. The van der Waals surface area contributed by atoms with Crippen molar-refractivity contribution in [3.05, 3.63) is 59.7 Å². The number of oxazole rings is 1. The number of rotatable bonds is 7. The van der Waals surface area contributed by atoms with Crippen LogP contribution in [0.25, 0.3) is 11.1 Å². The number of pyridine rings is 1. The van der Waals surface area contributed by atoms with E-state index < -0.39 is 27.6 Å². The molecule has 2 N–H and O–H groups in total. The van der Waals surface area contributed by atoms with Crippen LogP contribution in [0.4, 0.5) is 36.4 Å². The molecule has 4 aromatic rings. The highest BCUT2D eigenvalue weighted by Gasteiger charge is 2.35. The lowest BCUT2D eigenvalue weighted by molar-refractivity contribution is -0.137. The van der Waals surface area contributed by atoms with Crippen LogP contribution in [0.5, 0.6) is 0 Å². The summed E-state index contributed by atoms with van der Waals surface area (Å²) < 4.78 is 71.1. The predicted octanol–water partition coefficient (Wildman–Crippen LogP) is 4.09. The van der Waals surface area contributed by atoms with Crippen LogP contribution in [0.1, 0.15) is 17.0 Å². The highest BCUT2D eigenvalue weighted by atomic mass is 32.2. The molecule has 3 aromatic heterocycles. The summed E-state index contributed by atoms with van der Waals surface area (Å²) in [5.41, 5.74) is 0.898. The molecule has 184 valence electrons. The Hall–Kier alpha value is -3.94. The zero-order chi connectivity index (χ0) is 25.4. The van der Waals surface area contributed by atoms with Gasteiger partial charge >= 0.3 is 6.18 Å². The molecule has 0 aliphatic rings. The van der Waals surface area contributed by atoms with E-state index in [1.54, 1.807) is 37.3 Å². The normalized spacial score (nSPS) is 12.1. The van der Waals surface area contributed by atoms with Crippen LogP contribution in [0, 0.1) is 6.92 Å². The third-order valence-electron chi connectivity index (χ3n) is 4.96. The van der Waals surface area contributed by atoms with Crippen molar-refractivity contribution in [3.63, 3.8) is 0 Å². The van der Waals surface area contributed by atoms with Crippen LogP contribution in [-0.4, -0.2) is 41.7 Å². The quantitative estimate of drug-likeness (QED) is 0.380. The van der Waals surface area contributed by atoms with Crippen LogP contribution >= 0.6 is 0 Å². The van der Waals surface area contributed by atoms with Gasteiger partial charge in [-0.05, 0) is 18.2 Å². The minimum atomic E-state index is -4.72. The molecule has 14 heteroatoms. The number of aryl methyl sites for hydroxylation is 1. The van der Waals surface area contributed by atoms with Gasteiger partial charge in [0.1, 0.15) is 22.7 Å². The molecule has 0 bridgehead atoms. The number of nitrogens with zero attached hydrogens (tertiary/aromatic N) is 5. The average molecular weight is 507 g/mol. The Kier molecular flexibility index (Phi) is 6.23. The molecule has 10 nitrogen and oxygen atoms in total. The summed E-state index contributed by atoms with van der Waals surface area (Å²) in [6.45, 7) is 1.53. The van der Waals surface area contributed by atoms with Gasteiger partial charge in [0, 0.05) is 50.2 Å². The number of hydrogen-bond acceptors (Lipinski definition) is 9. The number of aromatic nitrogens is 4. The van der Waals surface area contributed by atoms with E-state index >= 15 is 0 Å². The smallest absolute Gasteiger partial charge is 0.421 e. The Bertz CT molecular complexity index is 1490. The fraction of sp³-hybridized carbons (Fsp3) is 0.238. The van der Waals surface area contributed by atoms with Crippen LogP contribution in [0.2, 0.25) is 0 Å². The van der Waals surface area contributed by atoms with Gasteiger partial charge in [-0.25, -0.2) is 23.4 Å². The van der Waals surface area contributed by atoms with Crippen molar-refractivity contribution in [2.24, 2.45) is 0 Å². The van der Waals surface area contributed by atoms with Gasteiger partial charge in [0.05, 0.1) is 6.26 Å². The zero-order valence-electron chi connectivity index (χ0n) is 18.8. The van der Waals surface area contributed by atoms with E-state index in [0.29, 0.717) is 34.4 Å². The molecule has 35 heavy (non-hydrogen) atoms. The van der Waals surface area contributed by atoms with Gasteiger partial charge in [0.25, 0.3) is 0 Å². The standard InChI is InChI=1S/C21H20F3N7O3S/c1-12-28-16-7-6-14(9-17(16)34-12)29-20-27-11-15(21(22,23)24)18(30-20)26-10-13-5-4-8-25-19(13)31(2)35(3,32)33/h4-9,11H,10H2,1-3H3,(H2,26,27,29,30). The van der Waals surface area contributed by atoms with Gasteiger partial charge < -0.3 is 15.1 Å². The Morgan fingerprint density at radius 1 is 1.14 bits per heavy atom. The number of hydrogen-bond donors (Lipinski definition) is 2. The lowest BCUT2D eigenvalue weighted by Gasteiger charge is -2.20. The molecule has 0 spiro atoms. The van der Waals surface area contributed by atoms with Gasteiger partial charge in [-0.3, -0.25) is 4.31 Å². The molecule has 0 unspecified atom stereocenters. The van der Waals surface area contributed by atoms with Gasteiger partial charge in [-0.1, -0.05) is 6.07 Å². The number of benzene rings is 1. The second-order valence-corrected chi connectivity index (χ2v) is 9.58. The Morgan fingerprint density at radius 2 is 1.91 bits per heavy atom. The molecule has 0 fully saturated rings. The summed E-state index contributed by atoms with van der Waals surface area (Å²) >= 11 is 0. The van der Waals surface area contributed by atoms with Crippen LogP contribution in [0.3, 0.4) is 0 Å². The average Bonchev–Trinajstić information content (AvgIpc) is 3.15. The lowest BCUT2D eigenvalue weighted by atomic mass is 10.2. The maximum Gasteiger partial charge on any atom is 0.421 e. The Labute approximate surface area is 198 Å². The minimum Gasteiger partial charge on any atom is -0.441 e. The molecular weight excluding hydrogens is 487 g/mol. The van der Waals surface area contributed by atoms with E-state index in [4.69, 9.17) is 4.42 Å². The third-order valence-corrected chi connectivity index (χ3v) is 6.12. The third kappa shape index (κ3) is 5.42. The van der Waals surface area contributed by atoms with Crippen molar-refractivity contribution in [1.29, 1.82) is 0 Å². The number of anilines is 4. The number of sulfonamides is 1. The van der Waals surface area contributed by atoms with Crippen LogP contribution < -0.4 is 14.9 Å². The topological polar surface area (TPSA) is 126 Å². The van der Waals surface area contributed by atoms with Gasteiger partial charge in [0.2, 0.25) is 16.0 Å². The van der Waals surface area contributed by atoms with Crippen molar-refractivity contribution in [2.45, 2.75) is 19.6 Å². The lowest BCUT2D eigenvalue weighted by Crippen LogP contribution is -2.27. The molecular formula is C21H20F3N7O3S. The largest absolute Gasteiger partial charge is 0.441 e. The maximum absolute atomic E-state index is 13.6. The fourth-order valence-corrected chi connectivity index (χ4v) is 3.70. The molecule has 0 atom stereocenters. The molecule has 0 aliphatic carbocycles. The van der Waals surface area contributed by atoms with Crippen molar-refractivity contribution in [1.82, 2.24) is 19.9 Å². The van der Waals surface area contributed by atoms with E-state index in [1.807, 2.05) is 0 Å². The van der Waals surface area contributed by atoms with Crippen molar-refractivity contribution >= 4 is 44.4 Å². The van der Waals surface area contributed by atoms with Crippen molar-refractivity contribution in [2.75, 3.05) is 28.2 Å². The highest BCUT2D eigenvalue weighted by molar-refractivity contribution is 7.92. The second kappa shape index (κ2) is 9.02. The van der Waals surface area contributed by atoms with Gasteiger partial charge in [0.15, 0.2) is 11.5 Å². The summed E-state index contributed by atoms with van der Waals surface area (Å²) in [6, 6.07) is 8.10. The summed E-state index contributed by atoms with van der Waals surface area (Å²) in [5.74, 6) is -0.0102. The molecule has 0 aliphatic heterocycles. The Balaban J connectivity index is 1.63. The number of halogens is 3. The molecule has 0 saturated carbocycles. The molecule has 3 heterocycles. The first kappa shape index (κ1) is 24.2. The summed E-state index contributed by atoms with van der Waals surface area (Å²) in [5, 5.41) is 5.50. The van der Waals surface area contributed by atoms with Crippen molar-refractivity contribution in [3.8, 4) is 0 Å². The van der Waals surface area contributed by atoms with Crippen LogP contribution in [-0.2, 0) is 22.7 Å². The van der Waals surface area contributed by atoms with E-state index in [1.165, 1.54) is 13.2 Å². The van der Waals surface area contributed by atoms with E-state index in [0.717, 1.165) is 10.6 Å². The van der Waals surface area contributed by atoms with E-state index in [2.05, 4.69) is 30.6 Å². The Morgan fingerprint density at radius 3 is 2.63 bits per heavy atom. The highest BCUT2D eigenvalue weighted by Crippen LogP contribution is 2.34. The maximum atomic E-state index is 13.6. The molecule has 0 saturated heterocycles. The number of alkyl halides is 3. The van der Waals surface area contributed by atoms with E-state index in [-0.39, 0.29) is 18.3 Å². The van der Waals surface area contributed by atoms with Gasteiger partial charge in [-0.15, -0.1) is 0 Å². The fourth-order valence-electron chi connectivity index (χ4n) is 3.22. The first-order chi connectivity index (χ1) is 16.4. The van der Waals surface area contributed by atoms with Gasteiger partial charge in [-0.2, -0.15) is 18.2 Å². The summed E-state index contributed by atoms with van der Waals surface area (Å²) in [6.07, 6.45) is -1.66. The first-order valence-electron chi connectivity index (χ1n) is 10.1. The number of fused-ring (bicyclic) bond motifs is 1. The SMILES string of the molecule is Cc1nc2ccc(Nc3ncc(C(F)(F)F)c(NCc4cccnc4N(C)S(C)(=O)=O)n3)cc2o1. The zero-order valence-corrected chi connectivity index (χ0v) is 19.6. The monoisotopic (exact) mass is 507 g/mol. The molecule has 1 aromatic carbocycles. The first-order valence-corrected chi connectivity index (χ1v) is 12.0. The molecule has 0 radical (unpaired) electrons. The molecule has 4 rings (SSSR count). The molecule has 0 amide bonds.